The molecular weight excluding hydrogens is 398 g/mol. The van der Waals surface area contributed by atoms with Crippen LogP contribution >= 0.6 is 11.3 Å². The zero-order valence-corrected chi connectivity index (χ0v) is 17.6. The van der Waals surface area contributed by atoms with Crippen molar-refractivity contribution in [3.63, 3.8) is 0 Å². The van der Waals surface area contributed by atoms with Gasteiger partial charge in [-0.15, -0.1) is 11.3 Å². The number of carbonyl (C=O) groups is 1. The zero-order chi connectivity index (χ0) is 20.7. The van der Waals surface area contributed by atoms with E-state index < -0.39 is 0 Å². The lowest BCUT2D eigenvalue weighted by molar-refractivity contribution is 0.0789. The minimum atomic E-state index is -0.00917. The Balaban J connectivity index is 1.40. The normalized spacial score (nSPS) is 12.9. The van der Waals surface area contributed by atoms with Gasteiger partial charge in [0.25, 0.3) is 5.91 Å². The van der Waals surface area contributed by atoms with Gasteiger partial charge in [-0.1, -0.05) is 24.3 Å². The number of ether oxygens (including phenoxy) is 2. The van der Waals surface area contributed by atoms with Gasteiger partial charge in [-0.05, 0) is 42.8 Å². The van der Waals surface area contributed by atoms with Crippen LogP contribution in [0.15, 0.2) is 54.6 Å². The van der Waals surface area contributed by atoms with Crippen LogP contribution in [0, 0.1) is 6.92 Å². The van der Waals surface area contributed by atoms with E-state index in [1.165, 1.54) is 11.3 Å². The fourth-order valence-corrected chi connectivity index (χ4v) is 4.79. The van der Waals surface area contributed by atoms with Crippen LogP contribution in [0.2, 0.25) is 0 Å². The number of benzene rings is 2. The first-order chi connectivity index (χ1) is 14.6. The first-order valence-corrected chi connectivity index (χ1v) is 10.6. The highest BCUT2D eigenvalue weighted by molar-refractivity contribution is 7.20. The van der Waals surface area contributed by atoms with Gasteiger partial charge in [0, 0.05) is 19.0 Å². The lowest BCUT2D eigenvalue weighted by Gasteiger charge is -2.21. The van der Waals surface area contributed by atoms with Crippen LogP contribution in [-0.2, 0) is 6.54 Å². The van der Waals surface area contributed by atoms with E-state index in [2.05, 4.69) is 5.10 Å². The Kier molecular flexibility index (Phi) is 4.67. The van der Waals surface area contributed by atoms with E-state index in [1.54, 1.807) is 4.90 Å². The molecule has 0 unspecified atom stereocenters. The van der Waals surface area contributed by atoms with Crippen LogP contribution in [0.3, 0.4) is 0 Å². The van der Waals surface area contributed by atoms with Crippen LogP contribution in [0.4, 0.5) is 0 Å². The molecule has 5 rings (SSSR count). The number of hydrogen-bond acceptors (Lipinski definition) is 5. The Labute approximate surface area is 178 Å². The number of aromatic nitrogens is 2. The molecule has 152 valence electrons. The quantitative estimate of drug-likeness (QED) is 0.491. The molecule has 0 aliphatic carbocycles. The smallest absolute Gasteiger partial charge is 0.264 e. The molecule has 3 heterocycles. The fraction of sp³-hybridized carbons (Fsp3) is 0.217. The Hall–Kier alpha value is -3.32. The van der Waals surface area contributed by atoms with Gasteiger partial charge < -0.3 is 14.4 Å². The number of thiophene rings is 1. The number of amides is 1. The van der Waals surface area contributed by atoms with E-state index in [4.69, 9.17) is 9.47 Å². The number of hydrogen-bond donors (Lipinski definition) is 0. The van der Waals surface area contributed by atoms with Gasteiger partial charge in [-0.25, -0.2) is 4.68 Å². The van der Waals surface area contributed by atoms with Crippen molar-refractivity contribution in [2.75, 3.05) is 20.3 Å². The number of rotatable bonds is 4. The summed E-state index contributed by atoms with van der Waals surface area (Å²) in [6, 6.07) is 17.7. The van der Waals surface area contributed by atoms with E-state index in [0.29, 0.717) is 24.6 Å². The van der Waals surface area contributed by atoms with Crippen LogP contribution in [0.25, 0.3) is 15.9 Å². The van der Waals surface area contributed by atoms with Gasteiger partial charge >= 0.3 is 0 Å². The second-order valence-electron chi connectivity index (χ2n) is 7.30. The summed E-state index contributed by atoms with van der Waals surface area (Å²) in [7, 11) is 1.82. The highest BCUT2D eigenvalue weighted by Crippen LogP contribution is 2.33. The van der Waals surface area contributed by atoms with Gasteiger partial charge in [0.2, 0.25) is 0 Å². The standard InChI is InChI=1S/C23H21N3O3S/c1-15-18-13-21(30-23(18)26(24-15)17-6-4-3-5-7-17)22(27)25(2)14-16-8-9-19-20(12-16)29-11-10-28-19/h3-9,12-13H,10-11,14H2,1-2H3. The lowest BCUT2D eigenvalue weighted by atomic mass is 10.2. The summed E-state index contributed by atoms with van der Waals surface area (Å²) in [5.41, 5.74) is 2.91. The monoisotopic (exact) mass is 419 g/mol. The number of para-hydroxylation sites is 1. The molecule has 0 spiro atoms. The molecular formula is C23H21N3O3S. The van der Waals surface area contributed by atoms with Crippen molar-refractivity contribution in [2.24, 2.45) is 0 Å². The lowest BCUT2D eigenvalue weighted by Crippen LogP contribution is -2.25. The van der Waals surface area contributed by atoms with Gasteiger partial charge in [-0.2, -0.15) is 5.10 Å². The molecule has 2 aromatic carbocycles. The van der Waals surface area contributed by atoms with Crippen molar-refractivity contribution in [2.45, 2.75) is 13.5 Å². The molecule has 0 radical (unpaired) electrons. The molecule has 30 heavy (non-hydrogen) atoms. The van der Waals surface area contributed by atoms with Crippen LogP contribution in [-0.4, -0.2) is 40.8 Å². The summed E-state index contributed by atoms with van der Waals surface area (Å²) in [5.74, 6) is 1.48. The molecule has 0 bridgehead atoms. The molecule has 0 N–H and O–H groups in total. The highest BCUT2D eigenvalue weighted by Gasteiger charge is 2.20. The van der Waals surface area contributed by atoms with Crippen molar-refractivity contribution in [3.05, 3.63) is 70.7 Å². The van der Waals surface area contributed by atoms with Gasteiger partial charge in [0.15, 0.2) is 11.5 Å². The van der Waals surface area contributed by atoms with E-state index in [-0.39, 0.29) is 5.91 Å². The van der Waals surface area contributed by atoms with Crippen molar-refractivity contribution >= 4 is 27.5 Å². The molecule has 0 fully saturated rings. The maximum absolute atomic E-state index is 13.1. The summed E-state index contributed by atoms with van der Waals surface area (Å²) in [5, 5.41) is 5.66. The Bertz CT molecular complexity index is 1230. The fourth-order valence-electron chi connectivity index (χ4n) is 3.62. The van der Waals surface area contributed by atoms with Crippen molar-refractivity contribution < 1.29 is 14.3 Å². The number of fused-ring (bicyclic) bond motifs is 2. The highest BCUT2D eigenvalue weighted by atomic mass is 32.1. The van der Waals surface area contributed by atoms with E-state index in [1.807, 2.05) is 73.3 Å². The molecule has 1 amide bonds. The molecule has 0 atom stereocenters. The van der Waals surface area contributed by atoms with E-state index >= 15 is 0 Å². The first kappa shape index (κ1) is 18.7. The van der Waals surface area contributed by atoms with Gasteiger partial charge in [0.05, 0.1) is 16.3 Å². The summed E-state index contributed by atoms with van der Waals surface area (Å²) < 4.78 is 13.1. The van der Waals surface area contributed by atoms with Crippen molar-refractivity contribution in [1.29, 1.82) is 0 Å². The maximum Gasteiger partial charge on any atom is 0.264 e. The maximum atomic E-state index is 13.1. The second-order valence-corrected chi connectivity index (χ2v) is 8.33. The average molecular weight is 420 g/mol. The SMILES string of the molecule is Cc1nn(-c2ccccc2)c2sc(C(=O)N(C)Cc3ccc4c(c3)OCCO4)cc12. The predicted octanol–water partition coefficient (Wildman–Crippen LogP) is 4.44. The number of carbonyl (C=O) groups excluding carboxylic acids is 1. The zero-order valence-electron chi connectivity index (χ0n) is 16.8. The minimum absolute atomic E-state index is 0.00917. The second kappa shape index (κ2) is 7.50. The Morgan fingerprint density at radius 1 is 1.10 bits per heavy atom. The van der Waals surface area contributed by atoms with Crippen LogP contribution in [0.5, 0.6) is 11.5 Å². The van der Waals surface area contributed by atoms with Crippen molar-refractivity contribution in [3.8, 4) is 17.2 Å². The van der Waals surface area contributed by atoms with Gasteiger partial charge in [0.1, 0.15) is 18.0 Å². The molecule has 0 saturated heterocycles. The molecule has 2 aromatic heterocycles. The molecule has 4 aromatic rings. The summed E-state index contributed by atoms with van der Waals surface area (Å²) in [4.78, 5) is 16.5. The Morgan fingerprint density at radius 3 is 2.67 bits per heavy atom. The molecule has 1 aliphatic heterocycles. The molecule has 0 saturated carbocycles. The predicted molar refractivity (Wildman–Crippen MR) is 117 cm³/mol. The largest absolute Gasteiger partial charge is 0.486 e. The number of aryl methyl sites for hydroxylation is 1. The number of nitrogens with zero attached hydrogens (tertiary/aromatic N) is 3. The Morgan fingerprint density at radius 2 is 1.87 bits per heavy atom. The minimum Gasteiger partial charge on any atom is -0.486 e. The topological polar surface area (TPSA) is 56.6 Å². The summed E-state index contributed by atoms with van der Waals surface area (Å²) >= 11 is 1.47. The third kappa shape index (κ3) is 3.31. The average Bonchev–Trinajstić information content (AvgIpc) is 3.34. The van der Waals surface area contributed by atoms with Crippen LogP contribution in [0.1, 0.15) is 20.9 Å². The third-order valence-electron chi connectivity index (χ3n) is 5.13. The van der Waals surface area contributed by atoms with E-state index in [0.717, 1.165) is 38.7 Å². The van der Waals surface area contributed by atoms with Gasteiger partial charge in [-0.3, -0.25) is 4.79 Å². The molecule has 1 aliphatic rings. The third-order valence-corrected chi connectivity index (χ3v) is 6.23. The molecule has 7 heteroatoms. The van der Waals surface area contributed by atoms with Crippen LogP contribution < -0.4 is 9.47 Å². The summed E-state index contributed by atoms with van der Waals surface area (Å²) in [6.07, 6.45) is 0. The first-order valence-electron chi connectivity index (χ1n) is 9.79. The van der Waals surface area contributed by atoms with Crippen molar-refractivity contribution in [1.82, 2.24) is 14.7 Å². The summed E-state index contributed by atoms with van der Waals surface area (Å²) in [6.45, 7) is 3.58. The van der Waals surface area contributed by atoms with E-state index in [9.17, 15) is 4.79 Å². The molecule has 6 nitrogen and oxygen atoms in total.